The average Bonchev–Trinajstić information content (AvgIpc) is 2.79. The first-order valence-electron chi connectivity index (χ1n) is 6.78. The van der Waals surface area contributed by atoms with E-state index in [4.69, 9.17) is 5.11 Å². The van der Waals surface area contributed by atoms with Crippen LogP contribution in [0.2, 0.25) is 0 Å². The molecule has 17 heavy (non-hydrogen) atoms. The van der Waals surface area contributed by atoms with E-state index in [0.29, 0.717) is 24.8 Å². The first-order valence-corrected chi connectivity index (χ1v) is 6.78. The van der Waals surface area contributed by atoms with Crippen LogP contribution in [-0.4, -0.2) is 49.2 Å². The molecule has 2 fully saturated rings. The molecule has 0 aromatic rings. The standard InChI is InChI=1S/C13H24N2O2/c1-15(7-4-8-16)12(17)13-6-3-2-5-11(13)9-14-10-13/h11,14,16H,2-10H2,1H3/t11-,13+/m0/s1. The van der Waals surface area contributed by atoms with Crippen molar-refractivity contribution in [2.45, 2.75) is 32.1 Å². The molecule has 0 unspecified atom stereocenters. The van der Waals surface area contributed by atoms with Crippen LogP contribution in [0.4, 0.5) is 0 Å². The van der Waals surface area contributed by atoms with Crippen LogP contribution in [0.15, 0.2) is 0 Å². The second-order valence-corrected chi connectivity index (χ2v) is 5.53. The van der Waals surface area contributed by atoms with Gasteiger partial charge in [-0.3, -0.25) is 4.79 Å². The fraction of sp³-hybridized carbons (Fsp3) is 0.923. The Bertz CT molecular complexity index is 283. The van der Waals surface area contributed by atoms with E-state index in [2.05, 4.69) is 5.32 Å². The Morgan fingerprint density at radius 1 is 1.53 bits per heavy atom. The maximum absolute atomic E-state index is 12.6. The van der Waals surface area contributed by atoms with E-state index in [1.165, 1.54) is 19.3 Å². The number of amides is 1. The van der Waals surface area contributed by atoms with Crippen LogP contribution in [0.5, 0.6) is 0 Å². The Labute approximate surface area is 103 Å². The monoisotopic (exact) mass is 240 g/mol. The van der Waals surface area contributed by atoms with Crippen molar-refractivity contribution in [2.24, 2.45) is 11.3 Å². The number of hydrogen-bond donors (Lipinski definition) is 2. The number of rotatable bonds is 4. The quantitative estimate of drug-likeness (QED) is 0.757. The van der Waals surface area contributed by atoms with Crippen molar-refractivity contribution in [2.75, 3.05) is 33.3 Å². The molecule has 1 heterocycles. The molecule has 1 saturated heterocycles. The first kappa shape index (κ1) is 12.8. The highest BCUT2D eigenvalue weighted by Gasteiger charge is 2.50. The van der Waals surface area contributed by atoms with Gasteiger partial charge in [-0.15, -0.1) is 0 Å². The highest BCUT2D eigenvalue weighted by Crippen LogP contribution is 2.44. The molecule has 0 aromatic carbocycles. The molecular weight excluding hydrogens is 216 g/mol. The molecule has 2 aliphatic rings. The lowest BCUT2D eigenvalue weighted by Gasteiger charge is -2.39. The minimum absolute atomic E-state index is 0.136. The molecule has 1 amide bonds. The van der Waals surface area contributed by atoms with Gasteiger partial charge < -0.3 is 15.3 Å². The normalized spacial score (nSPS) is 32.2. The summed E-state index contributed by atoms with van der Waals surface area (Å²) >= 11 is 0. The lowest BCUT2D eigenvalue weighted by molar-refractivity contribution is -0.144. The van der Waals surface area contributed by atoms with Gasteiger partial charge in [0.1, 0.15) is 0 Å². The van der Waals surface area contributed by atoms with Crippen LogP contribution >= 0.6 is 0 Å². The average molecular weight is 240 g/mol. The third kappa shape index (κ3) is 2.33. The summed E-state index contributed by atoms with van der Waals surface area (Å²) in [7, 11) is 1.87. The summed E-state index contributed by atoms with van der Waals surface area (Å²) in [4.78, 5) is 14.4. The molecular formula is C13H24N2O2. The zero-order valence-electron chi connectivity index (χ0n) is 10.7. The molecule has 2 N–H and O–H groups in total. The van der Waals surface area contributed by atoms with Gasteiger partial charge in [0.05, 0.1) is 5.41 Å². The Balaban J connectivity index is 2.05. The third-order valence-electron chi connectivity index (χ3n) is 4.46. The number of nitrogens with one attached hydrogen (secondary N) is 1. The highest BCUT2D eigenvalue weighted by atomic mass is 16.3. The molecule has 98 valence electrons. The van der Waals surface area contributed by atoms with Crippen molar-refractivity contribution in [1.82, 2.24) is 10.2 Å². The predicted octanol–water partition coefficient (Wildman–Crippen LogP) is 0.607. The van der Waals surface area contributed by atoms with E-state index >= 15 is 0 Å². The summed E-state index contributed by atoms with van der Waals surface area (Å²) in [6.07, 6.45) is 5.34. The van der Waals surface area contributed by atoms with Gasteiger partial charge in [-0.1, -0.05) is 12.8 Å². The smallest absolute Gasteiger partial charge is 0.230 e. The van der Waals surface area contributed by atoms with Crippen LogP contribution in [0, 0.1) is 11.3 Å². The summed E-state index contributed by atoms with van der Waals surface area (Å²) in [5.41, 5.74) is -0.136. The second-order valence-electron chi connectivity index (χ2n) is 5.53. The molecule has 2 rings (SSSR count). The molecule has 2 atom stereocenters. The van der Waals surface area contributed by atoms with Crippen molar-refractivity contribution in [1.29, 1.82) is 0 Å². The van der Waals surface area contributed by atoms with Crippen LogP contribution < -0.4 is 5.32 Å². The van der Waals surface area contributed by atoms with Crippen LogP contribution in [0.1, 0.15) is 32.1 Å². The van der Waals surface area contributed by atoms with Gasteiger partial charge >= 0.3 is 0 Å². The minimum atomic E-state index is -0.136. The maximum atomic E-state index is 12.6. The summed E-state index contributed by atoms with van der Waals surface area (Å²) in [6, 6.07) is 0. The summed E-state index contributed by atoms with van der Waals surface area (Å²) in [5, 5.41) is 12.2. The fourth-order valence-electron chi connectivity index (χ4n) is 3.46. The Morgan fingerprint density at radius 2 is 2.35 bits per heavy atom. The summed E-state index contributed by atoms with van der Waals surface area (Å²) in [5.74, 6) is 0.820. The Morgan fingerprint density at radius 3 is 3.12 bits per heavy atom. The van der Waals surface area contributed by atoms with E-state index in [1.807, 2.05) is 11.9 Å². The topological polar surface area (TPSA) is 52.6 Å². The lowest BCUT2D eigenvalue weighted by atomic mass is 9.67. The largest absolute Gasteiger partial charge is 0.396 e. The zero-order chi connectivity index (χ0) is 12.3. The summed E-state index contributed by atoms with van der Waals surface area (Å²) in [6.45, 7) is 2.68. The van der Waals surface area contributed by atoms with E-state index in [9.17, 15) is 4.79 Å². The number of nitrogens with zero attached hydrogens (tertiary/aromatic N) is 1. The molecule has 0 aromatic heterocycles. The first-order chi connectivity index (χ1) is 8.20. The van der Waals surface area contributed by atoms with Crippen molar-refractivity contribution in [3.05, 3.63) is 0 Å². The lowest BCUT2D eigenvalue weighted by Crippen LogP contribution is -2.48. The number of hydrogen-bond acceptors (Lipinski definition) is 3. The van der Waals surface area contributed by atoms with E-state index in [-0.39, 0.29) is 12.0 Å². The van der Waals surface area contributed by atoms with Gasteiger partial charge in [0.15, 0.2) is 0 Å². The van der Waals surface area contributed by atoms with Gasteiger partial charge in [0.2, 0.25) is 5.91 Å². The van der Waals surface area contributed by atoms with Crippen molar-refractivity contribution < 1.29 is 9.90 Å². The Kier molecular flexibility index (Phi) is 4.05. The molecule has 1 aliphatic heterocycles. The number of carbonyl (C=O) groups excluding carboxylic acids is 1. The number of aliphatic hydroxyl groups is 1. The number of carbonyl (C=O) groups is 1. The van der Waals surface area contributed by atoms with Crippen molar-refractivity contribution >= 4 is 5.91 Å². The van der Waals surface area contributed by atoms with Gasteiger partial charge in [-0.05, 0) is 31.7 Å². The molecule has 4 heteroatoms. The van der Waals surface area contributed by atoms with Gasteiger partial charge in [0, 0.05) is 26.7 Å². The third-order valence-corrected chi connectivity index (χ3v) is 4.46. The highest BCUT2D eigenvalue weighted by molar-refractivity contribution is 5.83. The minimum Gasteiger partial charge on any atom is -0.396 e. The van der Waals surface area contributed by atoms with E-state index in [0.717, 1.165) is 19.5 Å². The van der Waals surface area contributed by atoms with Crippen molar-refractivity contribution in [3.8, 4) is 0 Å². The number of fused-ring (bicyclic) bond motifs is 1. The molecule has 1 saturated carbocycles. The molecule has 4 nitrogen and oxygen atoms in total. The van der Waals surface area contributed by atoms with Crippen molar-refractivity contribution in [3.63, 3.8) is 0 Å². The summed E-state index contributed by atoms with van der Waals surface area (Å²) < 4.78 is 0. The van der Waals surface area contributed by atoms with Gasteiger partial charge in [-0.25, -0.2) is 0 Å². The Hall–Kier alpha value is -0.610. The van der Waals surface area contributed by atoms with Gasteiger partial charge in [-0.2, -0.15) is 0 Å². The predicted molar refractivity (Wildman–Crippen MR) is 66.6 cm³/mol. The van der Waals surface area contributed by atoms with Gasteiger partial charge in [0.25, 0.3) is 0 Å². The van der Waals surface area contributed by atoms with Crippen LogP contribution in [0.3, 0.4) is 0 Å². The SMILES string of the molecule is CN(CCCO)C(=O)[C@@]12CCCC[C@H]1CNC2. The molecule has 0 radical (unpaired) electrons. The molecule has 0 bridgehead atoms. The van der Waals surface area contributed by atoms with E-state index < -0.39 is 0 Å². The number of aliphatic hydroxyl groups excluding tert-OH is 1. The second kappa shape index (κ2) is 5.36. The molecule has 1 aliphatic carbocycles. The maximum Gasteiger partial charge on any atom is 0.230 e. The van der Waals surface area contributed by atoms with E-state index in [1.54, 1.807) is 0 Å². The van der Waals surface area contributed by atoms with Crippen LogP contribution in [-0.2, 0) is 4.79 Å². The zero-order valence-corrected chi connectivity index (χ0v) is 10.7. The fourth-order valence-corrected chi connectivity index (χ4v) is 3.46. The molecule has 0 spiro atoms. The van der Waals surface area contributed by atoms with Crippen LogP contribution in [0.25, 0.3) is 0 Å².